The predicted molar refractivity (Wildman–Crippen MR) is 60.4 cm³/mol. The highest BCUT2D eigenvalue weighted by Crippen LogP contribution is 2.26. The minimum atomic E-state index is -0.284. The van der Waals surface area contributed by atoms with Gasteiger partial charge in [0.15, 0.2) is 0 Å². The molecule has 3 heteroatoms. The van der Waals surface area contributed by atoms with Gasteiger partial charge in [0.1, 0.15) is 11.6 Å². The summed E-state index contributed by atoms with van der Waals surface area (Å²) < 4.78 is 12.9. The summed E-state index contributed by atoms with van der Waals surface area (Å²) in [5.74, 6) is -0.00904. The van der Waals surface area contributed by atoms with Gasteiger partial charge in [-0.3, -0.25) is 4.79 Å². The van der Waals surface area contributed by atoms with Gasteiger partial charge in [-0.1, -0.05) is 12.1 Å². The van der Waals surface area contributed by atoms with Crippen molar-refractivity contribution in [3.05, 3.63) is 35.6 Å². The molecule has 16 heavy (non-hydrogen) atoms. The van der Waals surface area contributed by atoms with Crippen molar-refractivity contribution in [1.82, 2.24) is 0 Å². The molecule has 1 fully saturated rings. The van der Waals surface area contributed by atoms with Gasteiger partial charge >= 0.3 is 0 Å². The summed E-state index contributed by atoms with van der Waals surface area (Å²) in [4.78, 5) is 11.9. The van der Waals surface area contributed by atoms with Crippen LogP contribution < -0.4 is 5.73 Å². The van der Waals surface area contributed by atoms with Crippen molar-refractivity contribution in [2.45, 2.75) is 31.7 Å². The van der Waals surface area contributed by atoms with Crippen LogP contribution in [0.4, 0.5) is 4.39 Å². The van der Waals surface area contributed by atoms with E-state index in [2.05, 4.69) is 0 Å². The third kappa shape index (κ3) is 2.67. The van der Waals surface area contributed by atoms with Gasteiger partial charge in [-0.15, -0.1) is 0 Å². The number of carbonyl (C=O) groups is 1. The second kappa shape index (κ2) is 4.74. The molecule has 0 amide bonds. The van der Waals surface area contributed by atoms with Crippen LogP contribution in [0.25, 0.3) is 0 Å². The van der Waals surface area contributed by atoms with Crippen molar-refractivity contribution in [1.29, 1.82) is 0 Å². The third-order valence-corrected chi connectivity index (χ3v) is 3.20. The Bertz CT molecular complexity index is 391. The number of nitrogens with two attached hydrogens (primary N) is 1. The second-order valence-corrected chi connectivity index (χ2v) is 4.54. The number of Topliss-reactive ketones (excluding diaryl/α,β-unsaturated/α-hetero) is 1. The first-order valence-electron chi connectivity index (χ1n) is 5.68. The maximum absolute atomic E-state index is 12.9. The van der Waals surface area contributed by atoms with Crippen molar-refractivity contribution in [3.8, 4) is 0 Å². The standard InChI is InChI=1S/C13H16FNO/c14-11-3-1-2-9(6-11)7-13(16)10-4-5-12(15)8-10/h1-3,6,10,12H,4-5,7-8,15H2. The number of rotatable bonds is 3. The lowest BCUT2D eigenvalue weighted by molar-refractivity contribution is -0.122. The first-order valence-corrected chi connectivity index (χ1v) is 5.68. The molecule has 0 aromatic heterocycles. The zero-order chi connectivity index (χ0) is 11.5. The Hall–Kier alpha value is -1.22. The minimum absolute atomic E-state index is 0.0817. The van der Waals surface area contributed by atoms with E-state index in [9.17, 15) is 9.18 Å². The number of carbonyl (C=O) groups excluding carboxylic acids is 1. The molecule has 0 radical (unpaired) electrons. The van der Waals surface area contributed by atoms with Crippen LogP contribution in [0, 0.1) is 11.7 Å². The zero-order valence-corrected chi connectivity index (χ0v) is 9.16. The van der Waals surface area contributed by atoms with Crippen molar-refractivity contribution < 1.29 is 9.18 Å². The summed E-state index contributed by atoms with van der Waals surface area (Å²) in [7, 11) is 0. The summed E-state index contributed by atoms with van der Waals surface area (Å²) in [5, 5.41) is 0. The van der Waals surface area contributed by atoms with E-state index < -0.39 is 0 Å². The lowest BCUT2D eigenvalue weighted by Crippen LogP contribution is -2.19. The van der Waals surface area contributed by atoms with E-state index in [0.717, 1.165) is 24.8 Å². The van der Waals surface area contributed by atoms with Gasteiger partial charge in [-0.25, -0.2) is 4.39 Å². The van der Waals surface area contributed by atoms with Gasteiger partial charge < -0.3 is 5.73 Å². The Morgan fingerprint density at radius 3 is 2.88 bits per heavy atom. The molecule has 0 heterocycles. The average Bonchev–Trinajstić information content (AvgIpc) is 2.65. The highest BCUT2D eigenvalue weighted by molar-refractivity contribution is 5.83. The van der Waals surface area contributed by atoms with E-state index >= 15 is 0 Å². The van der Waals surface area contributed by atoms with E-state index in [0.29, 0.717) is 6.42 Å². The van der Waals surface area contributed by atoms with Crippen LogP contribution in [0.5, 0.6) is 0 Å². The molecule has 2 unspecified atom stereocenters. The fourth-order valence-electron chi connectivity index (χ4n) is 2.30. The molecule has 1 aromatic carbocycles. The normalized spacial score (nSPS) is 24.6. The van der Waals surface area contributed by atoms with Crippen LogP contribution in [-0.4, -0.2) is 11.8 Å². The van der Waals surface area contributed by atoms with E-state index in [1.54, 1.807) is 12.1 Å². The number of hydrogen-bond acceptors (Lipinski definition) is 2. The van der Waals surface area contributed by atoms with Crippen LogP contribution in [0.15, 0.2) is 24.3 Å². The quantitative estimate of drug-likeness (QED) is 0.849. The topological polar surface area (TPSA) is 43.1 Å². The van der Waals surface area contributed by atoms with Gasteiger partial charge in [0.2, 0.25) is 0 Å². The predicted octanol–water partition coefficient (Wildman–Crippen LogP) is 2.06. The SMILES string of the molecule is NC1CCC(C(=O)Cc2cccc(F)c2)C1. The molecule has 1 aliphatic rings. The summed E-state index contributed by atoms with van der Waals surface area (Å²) in [6, 6.07) is 6.40. The van der Waals surface area contributed by atoms with Gasteiger partial charge in [0, 0.05) is 18.4 Å². The molecule has 0 saturated heterocycles. The largest absolute Gasteiger partial charge is 0.328 e. The number of benzene rings is 1. The maximum Gasteiger partial charge on any atom is 0.140 e. The molecule has 1 aliphatic carbocycles. The molecular formula is C13H16FNO. The Kier molecular flexibility index (Phi) is 3.34. The first-order chi connectivity index (χ1) is 7.65. The smallest absolute Gasteiger partial charge is 0.140 e. The zero-order valence-electron chi connectivity index (χ0n) is 9.16. The van der Waals surface area contributed by atoms with Crippen molar-refractivity contribution in [2.75, 3.05) is 0 Å². The fourth-order valence-corrected chi connectivity index (χ4v) is 2.30. The molecule has 0 bridgehead atoms. The average molecular weight is 221 g/mol. The first kappa shape index (κ1) is 11.3. The molecule has 0 aliphatic heterocycles. The van der Waals surface area contributed by atoms with Gasteiger partial charge in [-0.05, 0) is 37.0 Å². The molecular weight excluding hydrogens is 205 g/mol. The Labute approximate surface area is 94.6 Å². The highest BCUT2D eigenvalue weighted by atomic mass is 19.1. The van der Waals surface area contributed by atoms with E-state index in [1.165, 1.54) is 12.1 Å². The Morgan fingerprint density at radius 1 is 1.44 bits per heavy atom. The lowest BCUT2D eigenvalue weighted by atomic mass is 9.96. The van der Waals surface area contributed by atoms with Gasteiger partial charge in [0.05, 0.1) is 0 Å². The number of hydrogen-bond donors (Lipinski definition) is 1. The molecule has 0 spiro atoms. The van der Waals surface area contributed by atoms with Crippen molar-refractivity contribution >= 4 is 5.78 Å². The molecule has 2 rings (SSSR count). The maximum atomic E-state index is 12.9. The number of halogens is 1. The molecule has 2 N–H and O–H groups in total. The van der Waals surface area contributed by atoms with Crippen molar-refractivity contribution in [2.24, 2.45) is 11.7 Å². The third-order valence-electron chi connectivity index (χ3n) is 3.20. The summed E-state index contributed by atoms with van der Waals surface area (Å²) >= 11 is 0. The van der Waals surface area contributed by atoms with Crippen LogP contribution in [0.1, 0.15) is 24.8 Å². The minimum Gasteiger partial charge on any atom is -0.328 e. The highest BCUT2D eigenvalue weighted by Gasteiger charge is 2.27. The van der Waals surface area contributed by atoms with E-state index in [-0.39, 0.29) is 23.6 Å². The monoisotopic (exact) mass is 221 g/mol. The summed E-state index contributed by atoms with van der Waals surface area (Å²) in [5.41, 5.74) is 6.52. The molecule has 2 nitrogen and oxygen atoms in total. The Morgan fingerprint density at radius 2 is 2.25 bits per heavy atom. The number of ketones is 1. The fraction of sp³-hybridized carbons (Fsp3) is 0.462. The van der Waals surface area contributed by atoms with Crippen LogP contribution in [-0.2, 0) is 11.2 Å². The molecule has 1 saturated carbocycles. The molecule has 86 valence electrons. The lowest BCUT2D eigenvalue weighted by Gasteiger charge is -2.08. The van der Waals surface area contributed by atoms with E-state index in [1.807, 2.05) is 0 Å². The van der Waals surface area contributed by atoms with Crippen LogP contribution in [0.3, 0.4) is 0 Å². The van der Waals surface area contributed by atoms with Gasteiger partial charge in [0.25, 0.3) is 0 Å². The molecule has 1 aromatic rings. The summed E-state index contributed by atoms with van der Waals surface area (Å²) in [6.45, 7) is 0. The van der Waals surface area contributed by atoms with Crippen LogP contribution >= 0.6 is 0 Å². The van der Waals surface area contributed by atoms with Gasteiger partial charge in [-0.2, -0.15) is 0 Å². The summed E-state index contributed by atoms with van der Waals surface area (Å²) in [6.07, 6.45) is 2.93. The Balaban J connectivity index is 1.97. The molecule has 2 atom stereocenters. The van der Waals surface area contributed by atoms with Crippen molar-refractivity contribution in [3.63, 3.8) is 0 Å². The second-order valence-electron chi connectivity index (χ2n) is 4.54. The van der Waals surface area contributed by atoms with Crippen LogP contribution in [0.2, 0.25) is 0 Å². The van der Waals surface area contributed by atoms with E-state index in [4.69, 9.17) is 5.73 Å².